The number of nitrogens with zero attached hydrogens (tertiary/aromatic N) is 1. The van der Waals surface area contributed by atoms with Crippen LogP contribution in [0, 0.1) is 5.92 Å². The predicted molar refractivity (Wildman–Crippen MR) is 110 cm³/mol. The second kappa shape index (κ2) is 7.33. The molecule has 0 aliphatic carbocycles. The van der Waals surface area contributed by atoms with Crippen molar-refractivity contribution in [1.82, 2.24) is 4.31 Å². The Morgan fingerprint density at radius 1 is 0.852 bits per heavy atom. The zero-order valence-corrected chi connectivity index (χ0v) is 16.0. The fraction of sp³-hybridized carbons (Fsp3) is 0.273. The van der Waals surface area contributed by atoms with Gasteiger partial charge in [-0.05, 0) is 42.9 Å². The number of nitrogens with two attached hydrogens (primary N) is 1. The summed E-state index contributed by atoms with van der Waals surface area (Å²) >= 11 is 0. The molecule has 4 nitrogen and oxygen atoms in total. The first-order valence-electron chi connectivity index (χ1n) is 9.37. The average molecular weight is 381 g/mol. The van der Waals surface area contributed by atoms with Gasteiger partial charge in [0.2, 0.25) is 10.0 Å². The van der Waals surface area contributed by atoms with E-state index in [1.54, 1.807) is 22.5 Å². The number of hydrogen-bond donors (Lipinski definition) is 1. The van der Waals surface area contributed by atoms with E-state index in [4.69, 9.17) is 5.73 Å². The van der Waals surface area contributed by atoms with E-state index in [9.17, 15) is 8.42 Å². The SMILES string of the molecule is Nc1cccc2c(S(=O)(=O)N3CCC(Cc4ccccc4)CC3)cccc12. The van der Waals surface area contributed by atoms with E-state index in [0.29, 0.717) is 35.0 Å². The Kier molecular flexibility index (Phi) is 4.89. The van der Waals surface area contributed by atoms with Crippen molar-refractivity contribution in [1.29, 1.82) is 0 Å². The molecule has 0 amide bonds. The Morgan fingerprint density at radius 2 is 1.52 bits per heavy atom. The first kappa shape index (κ1) is 18.0. The lowest BCUT2D eigenvalue weighted by atomic mass is 9.91. The van der Waals surface area contributed by atoms with Crippen LogP contribution in [-0.2, 0) is 16.4 Å². The van der Waals surface area contributed by atoms with E-state index in [-0.39, 0.29) is 0 Å². The molecule has 140 valence electrons. The van der Waals surface area contributed by atoms with Gasteiger partial charge in [-0.25, -0.2) is 8.42 Å². The number of piperidine rings is 1. The van der Waals surface area contributed by atoms with Crippen LogP contribution in [0.3, 0.4) is 0 Å². The molecule has 0 radical (unpaired) electrons. The molecule has 0 bridgehead atoms. The van der Waals surface area contributed by atoms with Gasteiger partial charge < -0.3 is 5.73 Å². The van der Waals surface area contributed by atoms with Crippen molar-refractivity contribution in [2.75, 3.05) is 18.8 Å². The first-order valence-corrected chi connectivity index (χ1v) is 10.8. The number of fused-ring (bicyclic) bond motifs is 1. The van der Waals surface area contributed by atoms with Crippen LogP contribution in [-0.4, -0.2) is 25.8 Å². The van der Waals surface area contributed by atoms with Crippen molar-refractivity contribution in [3.05, 3.63) is 72.3 Å². The molecule has 0 spiro atoms. The van der Waals surface area contributed by atoms with Crippen LogP contribution >= 0.6 is 0 Å². The molecule has 0 aromatic heterocycles. The quantitative estimate of drug-likeness (QED) is 0.694. The van der Waals surface area contributed by atoms with Gasteiger partial charge in [0, 0.05) is 29.5 Å². The Hall–Kier alpha value is -2.37. The molecule has 1 heterocycles. The fourth-order valence-corrected chi connectivity index (χ4v) is 5.65. The van der Waals surface area contributed by atoms with Crippen LogP contribution in [0.4, 0.5) is 5.69 Å². The Labute approximate surface area is 160 Å². The molecule has 3 aromatic rings. The van der Waals surface area contributed by atoms with Crippen molar-refractivity contribution in [3.8, 4) is 0 Å². The van der Waals surface area contributed by atoms with Gasteiger partial charge in [-0.2, -0.15) is 4.31 Å². The van der Waals surface area contributed by atoms with Crippen LogP contribution in [0.1, 0.15) is 18.4 Å². The molecule has 1 fully saturated rings. The summed E-state index contributed by atoms with van der Waals surface area (Å²) in [6, 6.07) is 21.2. The third kappa shape index (κ3) is 3.57. The number of hydrogen-bond acceptors (Lipinski definition) is 3. The summed E-state index contributed by atoms with van der Waals surface area (Å²) in [5.74, 6) is 0.530. The molecular formula is C22H24N2O2S. The van der Waals surface area contributed by atoms with Crippen molar-refractivity contribution >= 4 is 26.5 Å². The predicted octanol–water partition coefficient (Wildman–Crippen LogP) is 4.07. The highest BCUT2D eigenvalue weighted by Gasteiger charge is 2.30. The summed E-state index contributed by atoms with van der Waals surface area (Å²) in [5.41, 5.74) is 7.96. The minimum absolute atomic E-state index is 0.355. The van der Waals surface area contributed by atoms with E-state index >= 15 is 0 Å². The molecule has 27 heavy (non-hydrogen) atoms. The maximum Gasteiger partial charge on any atom is 0.243 e. The molecule has 0 saturated carbocycles. The monoisotopic (exact) mass is 380 g/mol. The topological polar surface area (TPSA) is 63.4 Å². The normalized spacial score (nSPS) is 16.6. The summed E-state index contributed by atoms with van der Waals surface area (Å²) in [7, 11) is -3.52. The van der Waals surface area contributed by atoms with Gasteiger partial charge in [-0.1, -0.05) is 54.6 Å². The maximum atomic E-state index is 13.3. The number of anilines is 1. The van der Waals surface area contributed by atoms with Gasteiger partial charge in [0.15, 0.2) is 0 Å². The van der Waals surface area contributed by atoms with Gasteiger partial charge in [-0.15, -0.1) is 0 Å². The Balaban J connectivity index is 1.54. The summed E-state index contributed by atoms with van der Waals surface area (Å²) in [4.78, 5) is 0.355. The molecular weight excluding hydrogens is 356 g/mol. The fourth-order valence-electron chi connectivity index (χ4n) is 3.97. The Bertz CT molecular complexity index is 1040. The van der Waals surface area contributed by atoms with E-state index in [1.807, 2.05) is 24.3 Å². The van der Waals surface area contributed by atoms with Gasteiger partial charge >= 0.3 is 0 Å². The molecule has 2 N–H and O–H groups in total. The molecule has 5 heteroatoms. The molecule has 3 aromatic carbocycles. The summed E-state index contributed by atoms with van der Waals surface area (Å²) in [6.45, 7) is 1.14. The van der Waals surface area contributed by atoms with E-state index in [2.05, 4.69) is 24.3 Å². The molecule has 1 aliphatic rings. The lowest BCUT2D eigenvalue weighted by molar-refractivity contribution is 0.273. The van der Waals surface area contributed by atoms with Crippen molar-refractivity contribution in [2.45, 2.75) is 24.2 Å². The highest BCUT2D eigenvalue weighted by atomic mass is 32.2. The summed E-state index contributed by atoms with van der Waals surface area (Å²) < 4.78 is 28.2. The lowest BCUT2D eigenvalue weighted by Crippen LogP contribution is -2.38. The van der Waals surface area contributed by atoms with Crippen LogP contribution in [0.2, 0.25) is 0 Å². The van der Waals surface area contributed by atoms with E-state index < -0.39 is 10.0 Å². The molecule has 4 rings (SSSR count). The number of rotatable bonds is 4. The van der Waals surface area contributed by atoms with Gasteiger partial charge in [0.1, 0.15) is 0 Å². The number of sulfonamides is 1. The van der Waals surface area contributed by atoms with Gasteiger partial charge in [-0.3, -0.25) is 0 Å². The van der Waals surface area contributed by atoms with E-state index in [0.717, 1.165) is 24.6 Å². The number of benzene rings is 3. The van der Waals surface area contributed by atoms with Crippen LogP contribution in [0.25, 0.3) is 10.8 Å². The third-order valence-corrected chi connectivity index (χ3v) is 7.43. The third-order valence-electron chi connectivity index (χ3n) is 5.47. The summed E-state index contributed by atoms with van der Waals surface area (Å²) in [5, 5.41) is 1.49. The molecule has 0 unspecified atom stereocenters. The number of nitrogen functional groups attached to an aromatic ring is 1. The average Bonchev–Trinajstić information content (AvgIpc) is 2.69. The maximum absolute atomic E-state index is 13.3. The van der Waals surface area contributed by atoms with Crippen LogP contribution in [0.15, 0.2) is 71.6 Å². The smallest absolute Gasteiger partial charge is 0.243 e. The molecule has 1 aliphatic heterocycles. The highest BCUT2D eigenvalue weighted by Crippen LogP contribution is 2.31. The molecule has 1 saturated heterocycles. The van der Waals surface area contributed by atoms with Crippen LogP contribution < -0.4 is 5.73 Å². The van der Waals surface area contributed by atoms with Crippen LogP contribution in [0.5, 0.6) is 0 Å². The van der Waals surface area contributed by atoms with Gasteiger partial charge in [0.05, 0.1) is 4.90 Å². The largest absolute Gasteiger partial charge is 0.398 e. The lowest BCUT2D eigenvalue weighted by Gasteiger charge is -2.31. The molecule has 0 atom stereocenters. The van der Waals surface area contributed by atoms with Crippen molar-refractivity contribution in [2.24, 2.45) is 5.92 Å². The second-order valence-corrected chi connectivity index (χ2v) is 9.14. The first-order chi connectivity index (χ1) is 13.1. The zero-order valence-electron chi connectivity index (χ0n) is 15.2. The van der Waals surface area contributed by atoms with E-state index in [1.165, 1.54) is 5.56 Å². The van der Waals surface area contributed by atoms with Crippen molar-refractivity contribution in [3.63, 3.8) is 0 Å². The minimum atomic E-state index is -3.52. The second-order valence-electron chi connectivity index (χ2n) is 7.24. The standard InChI is InChI=1S/C22H24N2O2S/c23-21-10-4-9-20-19(21)8-5-11-22(20)27(25,26)24-14-12-18(13-15-24)16-17-6-2-1-3-7-17/h1-11,18H,12-16,23H2. The highest BCUT2D eigenvalue weighted by molar-refractivity contribution is 7.89. The summed E-state index contributed by atoms with van der Waals surface area (Å²) in [6.07, 6.45) is 2.79. The zero-order chi connectivity index (χ0) is 18.9. The Morgan fingerprint density at radius 3 is 2.26 bits per heavy atom. The van der Waals surface area contributed by atoms with Crippen molar-refractivity contribution < 1.29 is 8.42 Å². The minimum Gasteiger partial charge on any atom is -0.398 e. The van der Waals surface area contributed by atoms with Gasteiger partial charge in [0.25, 0.3) is 0 Å².